The number of nitrogens with zero attached hydrogens (tertiary/aromatic N) is 2. The summed E-state index contributed by atoms with van der Waals surface area (Å²) in [6.45, 7) is 7.33. The van der Waals surface area contributed by atoms with E-state index in [9.17, 15) is 8.78 Å². The molecule has 6 heteroatoms. The predicted molar refractivity (Wildman–Crippen MR) is 118 cm³/mol. The fourth-order valence-corrected chi connectivity index (χ4v) is 4.48. The number of halogens is 2. The Morgan fingerprint density at radius 3 is 2.90 bits per heavy atom. The Kier molecular flexibility index (Phi) is 5.56. The highest BCUT2D eigenvalue weighted by Crippen LogP contribution is 2.38. The van der Waals surface area contributed by atoms with Crippen LogP contribution in [0.15, 0.2) is 41.8 Å². The maximum absolute atomic E-state index is 13.9. The molecule has 1 atom stereocenters. The highest BCUT2D eigenvalue weighted by Gasteiger charge is 2.33. The maximum Gasteiger partial charge on any atom is 0.249 e. The molecule has 1 aliphatic carbocycles. The van der Waals surface area contributed by atoms with E-state index in [4.69, 9.17) is 4.98 Å². The van der Waals surface area contributed by atoms with Gasteiger partial charge in [-0.1, -0.05) is 19.6 Å². The van der Waals surface area contributed by atoms with Crippen molar-refractivity contribution in [1.82, 2.24) is 4.98 Å². The van der Waals surface area contributed by atoms with E-state index in [0.717, 1.165) is 46.2 Å². The molecule has 0 radical (unpaired) electrons. The smallest absolute Gasteiger partial charge is 0.249 e. The first kappa shape index (κ1) is 20.2. The van der Waals surface area contributed by atoms with E-state index < -0.39 is 5.92 Å². The zero-order chi connectivity index (χ0) is 20.6. The Hall–Kier alpha value is -2.08. The lowest BCUT2D eigenvalue weighted by Crippen LogP contribution is -2.28. The van der Waals surface area contributed by atoms with Gasteiger partial charge in [0, 0.05) is 53.5 Å². The zero-order valence-corrected chi connectivity index (χ0v) is 17.6. The highest BCUT2D eigenvalue weighted by atomic mass is 32.1. The van der Waals surface area contributed by atoms with E-state index in [1.807, 2.05) is 29.2 Å². The van der Waals surface area contributed by atoms with Gasteiger partial charge < -0.3 is 10.2 Å². The van der Waals surface area contributed by atoms with Gasteiger partial charge in [-0.3, -0.25) is 0 Å². The summed E-state index contributed by atoms with van der Waals surface area (Å²) in [5.74, 6) is -1.43. The third kappa shape index (κ3) is 4.42. The number of rotatable bonds is 4. The maximum atomic E-state index is 13.9. The number of nitrogens with one attached hydrogen (secondary N) is 1. The number of anilines is 2. The summed E-state index contributed by atoms with van der Waals surface area (Å²) >= 11 is 4.40. The lowest BCUT2D eigenvalue weighted by Gasteiger charge is -2.26. The minimum atomic E-state index is -2.60. The lowest BCUT2D eigenvalue weighted by molar-refractivity contribution is -0.0102. The first-order valence-corrected chi connectivity index (χ1v) is 10.7. The minimum absolute atomic E-state index is 0.0614. The second-order valence-electron chi connectivity index (χ2n) is 8.19. The van der Waals surface area contributed by atoms with Gasteiger partial charge in [0.2, 0.25) is 5.92 Å². The SMILES string of the molecule is C=C(Nc1cccc(S)c1)c1cc2c(nc1N1CCCC(F)(F)CC1)C(C)CC2. The van der Waals surface area contributed by atoms with Crippen molar-refractivity contribution in [3.05, 3.63) is 53.7 Å². The molecule has 1 unspecified atom stereocenters. The van der Waals surface area contributed by atoms with E-state index in [1.165, 1.54) is 5.56 Å². The van der Waals surface area contributed by atoms with E-state index in [1.54, 1.807) is 0 Å². The zero-order valence-electron chi connectivity index (χ0n) is 16.7. The number of aromatic nitrogens is 1. The summed E-state index contributed by atoms with van der Waals surface area (Å²) in [6, 6.07) is 9.89. The van der Waals surface area contributed by atoms with Crippen LogP contribution in [-0.2, 0) is 6.42 Å². The molecule has 2 aliphatic rings. The number of fused-ring (bicyclic) bond motifs is 1. The van der Waals surface area contributed by atoms with Crippen LogP contribution in [0.2, 0.25) is 0 Å². The Bertz CT molecular complexity index is 928. The van der Waals surface area contributed by atoms with Crippen molar-refractivity contribution < 1.29 is 8.78 Å². The van der Waals surface area contributed by atoms with Gasteiger partial charge in [-0.15, -0.1) is 12.6 Å². The Balaban J connectivity index is 1.69. The summed E-state index contributed by atoms with van der Waals surface area (Å²) < 4.78 is 27.9. The molecule has 0 amide bonds. The van der Waals surface area contributed by atoms with Gasteiger partial charge in [0.1, 0.15) is 5.82 Å². The number of hydrogen-bond donors (Lipinski definition) is 2. The number of thiol groups is 1. The standard InChI is InChI=1S/C23H27F2N3S/c1-15-7-8-17-13-20(16(2)26-18-5-3-6-19(29)14-18)22(27-21(15)17)28-11-4-9-23(24,25)10-12-28/h3,5-6,13-15,26,29H,2,4,7-12H2,1H3. The fraction of sp³-hybridized carbons (Fsp3) is 0.435. The quantitative estimate of drug-likeness (QED) is 0.589. The largest absolute Gasteiger partial charge is 0.356 e. The normalized spacial score (nSPS) is 20.8. The minimum Gasteiger partial charge on any atom is -0.356 e. The Morgan fingerprint density at radius 1 is 1.28 bits per heavy atom. The van der Waals surface area contributed by atoms with E-state index in [0.29, 0.717) is 25.4 Å². The van der Waals surface area contributed by atoms with Crippen LogP contribution < -0.4 is 10.2 Å². The molecule has 1 N–H and O–H groups in total. The van der Waals surface area contributed by atoms with Crippen LogP contribution in [0.5, 0.6) is 0 Å². The molecule has 4 rings (SSSR count). The summed E-state index contributed by atoms with van der Waals surface area (Å²) in [4.78, 5) is 7.87. The Labute approximate surface area is 176 Å². The third-order valence-corrected chi connectivity index (χ3v) is 6.19. The van der Waals surface area contributed by atoms with Crippen molar-refractivity contribution in [2.75, 3.05) is 23.3 Å². The van der Waals surface area contributed by atoms with Crippen LogP contribution >= 0.6 is 12.6 Å². The molecular formula is C23H27F2N3S. The number of aryl methyl sites for hydroxylation is 1. The molecule has 3 nitrogen and oxygen atoms in total. The molecule has 0 spiro atoms. The van der Waals surface area contributed by atoms with Gasteiger partial charge >= 0.3 is 0 Å². The number of hydrogen-bond acceptors (Lipinski definition) is 4. The van der Waals surface area contributed by atoms with Crippen molar-refractivity contribution in [1.29, 1.82) is 0 Å². The van der Waals surface area contributed by atoms with Gasteiger partial charge in [-0.2, -0.15) is 0 Å². The van der Waals surface area contributed by atoms with Gasteiger partial charge in [0.25, 0.3) is 0 Å². The highest BCUT2D eigenvalue weighted by molar-refractivity contribution is 7.80. The topological polar surface area (TPSA) is 28.2 Å². The summed E-state index contributed by atoms with van der Waals surface area (Å²) in [5.41, 5.74) is 4.86. The van der Waals surface area contributed by atoms with Crippen LogP contribution in [0.4, 0.5) is 20.3 Å². The number of alkyl halides is 2. The second-order valence-corrected chi connectivity index (χ2v) is 8.71. The molecule has 1 aliphatic heterocycles. The van der Waals surface area contributed by atoms with Gasteiger partial charge in [0.05, 0.1) is 0 Å². The monoisotopic (exact) mass is 415 g/mol. The second kappa shape index (κ2) is 7.98. The van der Waals surface area contributed by atoms with Gasteiger partial charge in [-0.05, 0) is 55.0 Å². The van der Waals surface area contributed by atoms with Crippen molar-refractivity contribution >= 4 is 29.8 Å². The molecule has 1 aromatic carbocycles. The molecule has 0 saturated carbocycles. The van der Waals surface area contributed by atoms with Crippen LogP contribution in [0, 0.1) is 0 Å². The van der Waals surface area contributed by atoms with E-state index in [-0.39, 0.29) is 12.8 Å². The summed E-state index contributed by atoms with van der Waals surface area (Å²) in [5, 5.41) is 3.35. The van der Waals surface area contributed by atoms with Crippen molar-refractivity contribution in [2.24, 2.45) is 0 Å². The molecular weight excluding hydrogens is 388 g/mol. The van der Waals surface area contributed by atoms with E-state index in [2.05, 4.69) is 37.5 Å². The molecule has 2 aromatic rings. The predicted octanol–water partition coefficient (Wildman–Crippen LogP) is 6.13. The van der Waals surface area contributed by atoms with Gasteiger partial charge in [-0.25, -0.2) is 13.8 Å². The molecule has 29 heavy (non-hydrogen) atoms. The van der Waals surface area contributed by atoms with Crippen molar-refractivity contribution in [3.8, 4) is 0 Å². The lowest BCUT2D eigenvalue weighted by atomic mass is 10.1. The van der Waals surface area contributed by atoms with Crippen molar-refractivity contribution in [2.45, 2.75) is 55.8 Å². The molecule has 154 valence electrons. The molecule has 1 saturated heterocycles. The fourth-order valence-electron chi connectivity index (χ4n) is 4.26. The Morgan fingerprint density at radius 2 is 2.10 bits per heavy atom. The first-order valence-electron chi connectivity index (χ1n) is 10.2. The molecule has 2 heterocycles. The molecule has 1 aromatic heterocycles. The number of benzene rings is 1. The van der Waals surface area contributed by atoms with Crippen molar-refractivity contribution in [3.63, 3.8) is 0 Å². The summed E-state index contributed by atoms with van der Waals surface area (Å²) in [6.07, 6.45) is 2.33. The van der Waals surface area contributed by atoms with Crippen LogP contribution in [-0.4, -0.2) is 24.0 Å². The average molecular weight is 416 g/mol. The van der Waals surface area contributed by atoms with E-state index >= 15 is 0 Å². The average Bonchev–Trinajstić information content (AvgIpc) is 2.92. The molecule has 1 fully saturated rings. The van der Waals surface area contributed by atoms with Crippen LogP contribution in [0.25, 0.3) is 5.70 Å². The summed E-state index contributed by atoms with van der Waals surface area (Å²) in [7, 11) is 0. The van der Waals surface area contributed by atoms with Gasteiger partial charge in [0.15, 0.2) is 0 Å². The van der Waals surface area contributed by atoms with Crippen LogP contribution in [0.1, 0.15) is 55.3 Å². The first-order chi connectivity index (χ1) is 13.8. The number of pyridine rings is 1. The third-order valence-electron chi connectivity index (χ3n) is 5.91. The molecule has 0 bridgehead atoms. The van der Waals surface area contributed by atoms with Crippen LogP contribution in [0.3, 0.4) is 0 Å².